The van der Waals surface area contributed by atoms with Crippen LogP contribution in [0.2, 0.25) is 0 Å². The maximum atomic E-state index is 14.0. The normalized spacial score (nSPS) is 19.4. The average Bonchev–Trinajstić information content (AvgIpc) is 3.49. The third kappa shape index (κ3) is 6.26. The number of rotatable bonds is 6. The number of halogens is 3. The zero-order valence-corrected chi connectivity index (χ0v) is 25.1. The maximum Gasteiger partial charge on any atom is 0.494 e. The standard InChI is InChI=1S/C27H31BF3N7O4S/c1-25(2)26(3,4)42-28(41-25)18-6-7-22(17(12-18)13-32)37-15-21(34-16-37)23-20(27(29,30)31)14-33-24(36-23)35-19-8-10-38(11-9-19)43(5,39)40/h6-7,12,14-16,19H,8-11H2,1-5H3,(H,33,35,36). The summed E-state index contributed by atoms with van der Waals surface area (Å²) >= 11 is 0. The van der Waals surface area contributed by atoms with Crippen molar-refractivity contribution in [1.82, 2.24) is 23.8 Å². The lowest BCUT2D eigenvalue weighted by Gasteiger charge is -2.32. The van der Waals surface area contributed by atoms with Gasteiger partial charge in [0.25, 0.3) is 0 Å². The number of nitriles is 1. The van der Waals surface area contributed by atoms with E-state index in [9.17, 15) is 26.9 Å². The summed E-state index contributed by atoms with van der Waals surface area (Å²) in [4.78, 5) is 12.2. The van der Waals surface area contributed by atoms with Crippen molar-refractivity contribution in [2.45, 2.75) is 64.0 Å². The average molecular weight is 617 g/mol. The molecule has 11 nitrogen and oxygen atoms in total. The number of hydrogen-bond acceptors (Lipinski definition) is 9. The van der Waals surface area contributed by atoms with Gasteiger partial charge in [-0.25, -0.2) is 27.7 Å². The first-order chi connectivity index (χ1) is 20.0. The Morgan fingerprint density at radius 3 is 2.35 bits per heavy atom. The molecule has 0 bridgehead atoms. The monoisotopic (exact) mass is 617 g/mol. The number of benzene rings is 1. The molecule has 16 heteroatoms. The Balaban J connectivity index is 1.42. The summed E-state index contributed by atoms with van der Waals surface area (Å²) in [7, 11) is -4.01. The molecule has 1 N–H and O–H groups in total. The minimum absolute atomic E-state index is 0.0279. The predicted octanol–water partition coefficient (Wildman–Crippen LogP) is 3.35. The van der Waals surface area contributed by atoms with Gasteiger partial charge in [0.15, 0.2) is 0 Å². The Hall–Kier alpha value is -3.52. The minimum atomic E-state index is -4.75. The van der Waals surface area contributed by atoms with Gasteiger partial charge in [-0.05, 0) is 58.1 Å². The lowest BCUT2D eigenvalue weighted by Crippen LogP contribution is -2.42. The number of sulfonamides is 1. The van der Waals surface area contributed by atoms with Crippen LogP contribution in [0.15, 0.2) is 36.9 Å². The van der Waals surface area contributed by atoms with Crippen molar-refractivity contribution in [2.24, 2.45) is 0 Å². The number of nitrogens with one attached hydrogen (secondary N) is 1. The minimum Gasteiger partial charge on any atom is -0.399 e. The zero-order chi connectivity index (χ0) is 31.4. The molecule has 0 saturated carbocycles. The van der Waals surface area contributed by atoms with Crippen LogP contribution in [0.1, 0.15) is 51.7 Å². The van der Waals surface area contributed by atoms with Gasteiger partial charge in [0, 0.05) is 31.5 Å². The second-order valence-corrected chi connectivity index (χ2v) is 13.7. The molecule has 2 fully saturated rings. The molecule has 4 heterocycles. The van der Waals surface area contributed by atoms with E-state index in [1.54, 1.807) is 18.2 Å². The van der Waals surface area contributed by atoms with Crippen LogP contribution in [0.3, 0.4) is 0 Å². The first-order valence-electron chi connectivity index (χ1n) is 13.6. The molecular formula is C27H31BF3N7O4S. The summed E-state index contributed by atoms with van der Waals surface area (Å²) in [6.07, 6.45) is 0.669. The van der Waals surface area contributed by atoms with Gasteiger partial charge in [0.1, 0.15) is 29.3 Å². The van der Waals surface area contributed by atoms with Crippen LogP contribution in [-0.2, 0) is 25.5 Å². The van der Waals surface area contributed by atoms with Gasteiger partial charge in [0.2, 0.25) is 16.0 Å². The predicted molar refractivity (Wildman–Crippen MR) is 153 cm³/mol. The first kappa shape index (κ1) is 30.9. The highest BCUT2D eigenvalue weighted by Gasteiger charge is 2.51. The summed E-state index contributed by atoms with van der Waals surface area (Å²) in [5, 5.41) is 12.9. The molecule has 0 atom stereocenters. The Morgan fingerprint density at radius 2 is 1.77 bits per heavy atom. The molecule has 0 spiro atoms. The van der Waals surface area contributed by atoms with E-state index in [0.717, 1.165) is 6.26 Å². The summed E-state index contributed by atoms with van der Waals surface area (Å²) in [5.74, 6) is -0.0279. The number of piperidine rings is 1. The molecule has 2 saturated heterocycles. The molecule has 228 valence electrons. The zero-order valence-electron chi connectivity index (χ0n) is 24.3. The van der Waals surface area contributed by atoms with E-state index in [1.165, 1.54) is 21.4 Å². The van der Waals surface area contributed by atoms with Gasteiger partial charge in [0.05, 0.1) is 28.7 Å². The smallest absolute Gasteiger partial charge is 0.399 e. The fourth-order valence-corrected chi connectivity index (χ4v) is 5.81. The topological polar surface area (TPSA) is 135 Å². The Morgan fingerprint density at radius 1 is 1.12 bits per heavy atom. The van der Waals surface area contributed by atoms with E-state index in [-0.39, 0.29) is 36.3 Å². The molecule has 0 radical (unpaired) electrons. The second kappa shape index (κ2) is 10.9. The van der Waals surface area contributed by atoms with E-state index in [4.69, 9.17) is 9.31 Å². The quantitative estimate of drug-likeness (QED) is 0.413. The summed E-state index contributed by atoms with van der Waals surface area (Å²) in [6, 6.07) is 6.93. The van der Waals surface area contributed by atoms with E-state index >= 15 is 0 Å². The van der Waals surface area contributed by atoms with E-state index in [2.05, 4.69) is 26.3 Å². The van der Waals surface area contributed by atoms with Gasteiger partial charge in [-0.15, -0.1) is 0 Å². The lowest BCUT2D eigenvalue weighted by molar-refractivity contribution is -0.137. The number of hydrogen-bond donors (Lipinski definition) is 1. The van der Waals surface area contributed by atoms with Crippen molar-refractivity contribution in [3.05, 3.63) is 48.0 Å². The molecule has 5 rings (SSSR count). The molecule has 2 aliphatic heterocycles. The van der Waals surface area contributed by atoms with E-state index in [0.29, 0.717) is 30.2 Å². The summed E-state index contributed by atoms with van der Waals surface area (Å²) in [6.45, 7) is 8.25. The van der Waals surface area contributed by atoms with Crippen molar-refractivity contribution in [2.75, 3.05) is 24.7 Å². The molecule has 3 aromatic rings. The largest absolute Gasteiger partial charge is 0.494 e. The number of alkyl halides is 3. The SMILES string of the molecule is CC1(C)OB(c2ccc(-n3cnc(-c4nc(NC5CCN(S(C)(=O)=O)CC5)ncc4C(F)(F)F)c3)c(C#N)c2)OC1(C)C. The van der Waals surface area contributed by atoms with E-state index < -0.39 is 45.8 Å². The highest BCUT2D eigenvalue weighted by molar-refractivity contribution is 7.88. The number of anilines is 1. The van der Waals surface area contributed by atoms with Crippen LogP contribution >= 0.6 is 0 Å². The number of aromatic nitrogens is 4. The van der Waals surface area contributed by atoms with Crippen molar-refractivity contribution < 1.29 is 30.9 Å². The third-order valence-corrected chi connectivity index (χ3v) is 9.42. The Labute approximate surface area is 248 Å². The van der Waals surface area contributed by atoms with Gasteiger partial charge in [-0.1, -0.05) is 6.07 Å². The fourth-order valence-electron chi connectivity index (χ4n) is 4.94. The van der Waals surface area contributed by atoms with Crippen LogP contribution < -0.4 is 10.8 Å². The van der Waals surface area contributed by atoms with Crippen molar-refractivity contribution in [1.29, 1.82) is 5.26 Å². The molecule has 1 aromatic carbocycles. The van der Waals surface area contributed by atoms with E-state index in [1.807, 2.05) is 27.7 Å². The van der Waals surface area contributed by atoms with Crippen molar-refractivity contribution >= 4 is 28.6 Å². The molecule has 0 unspecified atom stereocenters. The Bertz CT molecular complexity index is 1660. The highest BCUT2D eigenvalue weighted by atomic mass is 32.2. The van der Waals surface area contributed by atoms with Crippen molar-refractivity contribution in [3.63, 3.8) is 0 Å². The number of imidazole rings is 1. The van der Waals surface area contributed by atoms with Crippen LogP contribution in [0.5, 0.6) is 0 Å². The highest BCUT2D eigenvalue weighted by Crippen LogP contribution is 2.37. The van der Waals surface area contributed by atoms with Crippen LogP contribution in [0.4, 0.5) is 19.1 Å². The fraction of sp³-hybridized carbons (Fsp3) is 0.481. The molecule has 2 aromatic heterocycles. The molecular weight excluding hydrogens is 586 g/mol. The number of nitrogens with zero attached hydrogens (tertiary/aromatic N) is 6. The van der Waals surface area contributed by atoms with Gasteiger partial charge >= 0.3 is 13.3 Å². The van der Waals surface area contributed by atoms with Crippen LogP contribution in [0, 0.1) is 11.3 Å². The van der Waals surface area contributed by atoms with Gasteiger partial charge < -0.3 is 19.2 Å². The van der Waals surface area contributed by atoms with Crippen molar-refractivity contribution in [3.8, 4) is 23.1 Å². The van der Waals surface area contributed by atoms with Crippen LogP contribution in [0.25, 0.3) is 17.1 Å². The second-order valence-electron chi connectivity index (χ2n) is 11.7. The Kier molecular flexibility index (Phi) is 7.83. The van der Waals surface area contributed by atoms with Gasteiger partial charge in [-0.3, -0.25) is 0 Å². The molecule has 0 amide bonds. The lowest BCUT2D eigenvalue weighted by atomic mass is 9.78. The third-order valence-electron chi connectivity index (χ3n) is 8.12. The molecule has 2 aliphatic rings. The first-order valence-corrected chi connectivity index (χ1v) is 15.4. The molecule has 0 aliphatic carbocycles. The van der Waals surface area contributed by atoms with Gasteiger partial charge in [-0.2, -0.15) is 18.4 Å². The summed E-state index contributed by atoms with van der Waals surface area (Å²) in [5.41, 5.74) is -1.42. The molecule has 43 heavy (non-hydrogen) atoms. The summed E-state index contributed by atoms with van der Waals surface area (Å²) < 4.78 is 80.4. The maximum absolute atomic E-state index is 14.0. The van der Waals surface area contributed by atoms with Crippen LogP contribution in [-0.4, -0.2) is 75.9 Å².